The van der Waals surface area contributed by atoms with Crippen LogP contribution in [0, 0.1) is 10.1 Å². The Labute approximate surface area is 177 Å². The standard InChI is InChI=1S/C22H21N3O4S/c1-29-21(26)9-7-15-6-8-18(19(14-15)25(27)28)24-12-10-16(11-13-24)22-23-17-4-2-3-5-20(17)30-22/h2-9,14,16H,10-13H2,1H3. The van der Waals surface area contributed by atoms with E-state index >= 15 is 0 Å². The number of ether oxygens (including phenoxy) is 1. The molecule has 3 aromatic rings. The van der Waals surface area contributed by atoms with Crippen LogP contribution in [-0.4, -0.2) is 36.1 Å². The molecule has 2 aromatic carbocycles. The van der Waals surface area contributed by atoms with E-state index in [1.807, 2.05) is 18.2 Å². The van der Waals surface area contributed by atoms with Gasteiger partial charge in [-0.1, -0.05) is 18.2 Å². The van der Waals surface area contributed by atoms with Crippen LogP contribution in [0.1, 0.15) is 29.3 Å². The van der Waals surface area contributed by atoms with E-state index in [-0.39, 0.29) is 10.6 Å². The zero-order chi connectivity index (χ0) is 21.1. The number of nitro groups is 1. The molecule has 4 rings (SSSR count). The molecule has 30 heavy (non-hydrogen) atoms. The van der Waals surface area contributed by atoms with Crippen LogP contribution >= 0.6 is 11.3 Å². The van der Waals surface area contributed by atoms with Gasteiger partial charge < -0.3 is 9.64 Å². The van der Waals surface area contributed by atoms with Gasteiger partial charge in [0.05, 0.1) is 27.3 Å². The van der Waals surface area contributed by atoms with Gasteiger partial charge in [0.25, 0.3) is 5.69 Å². The van der Waals surface area contributed by atoms with E-state index in [4.69, 9.17) is 4.98 Å². The molecule has 0 radical (unpaired) electrons. The van der Waals surface area contributed by atoms with Gasteiger partial charge in [0.1, 0.15) is 5.69 Å². The van der Waals surface area contributed by atoms with Gasteiger partial charge in [-0.25, -0.2) is 9.78 Å². The van der Waals surface area contributed by atoms with Crippen LogP contribution in [0.15, 0.2) is 48.5 Å². The van der Waals surface area contributed by atoms with Crippen LogP contribution in [-0.2, 0) is 9.53 Å². The Morgan fingerprint density at radius 1 is 1.27 bits per heavy atom. The molecule has 0 spiro atoms. The summed E-state index contributed by atoms with van der Waals surface area (Å²) < 4.78 is 5.76. The predicted octanol–water partition coefficient (Wildman–Crippen LogP) is 4.77. The number of carbonyl (C=O) groups excluding carboxylic acids is 1. The first kappa shape index (κ1) is 20.0. The van der Waals surface area contributed by atoms with Crippen molar-refractivity contribution in [3.63, 3.8) is 0 Å². The highest BCUT2D eigenvalue weighted by Gasteiger charge is 2.27. The number of thiazole rings is 1. The van der Waals surface area contributed by atoms with Gasteiger partial charge >= 0.3 is 5.97 Å². The number of hydrogen-bond acceptors (Lipinski definition) is 7. The van der Waals surface area contributed by atoms with Crippen molar-refractivity contribution in [2.24, 2.45) is 0 Å². The fourth-order valence-electron chi connectivity index (χ4n) is 3.72. The molecule has 0 atom stereocenters. The lowest BCUT2D eigenvalue weighted by Gasteiger charge is -2.32. The Balaban J connectivity index is 1.50. The number of para-hydroxylation sites is 1. The topological polar surface area (TPSA) is 85.6 Å². The van der Waals surface area contributed by atoms with Crippen molar-refractivity contribution < 1.29 is 14.5 Å². The maximum absolute atomic E-state index is 11.7. The van der Waals surface area contributed by atoms with Gasteiger partial charge in [0.15, 0.2) is 0 Å². The summed E-state index contributed by atoms with van der Waals surface area (Å²) in [7, 11) is 1.29. The summed E-state index contributed by atoms with van der Waals surface area (Å²) in [4.78, 5) is 29.4. The summed E-state index contributed by atoms with van der Waals surface area (Å²) in [5.74, 6) is -0.126. The third-order valence-corrected chi connectivity index (χ3v) is 6.50. The molecule has 0 N–H and O–H groups in total. The van der Waals surface area contributed by atoms with Crippen molar-refractivity contribution in [2.75, 3.05) is 25.1 Å². The highest BCUT2D eigenvalue weighted by Crippen LogP contribution is 2.37. The van der Waals surface area contributed by atoms with Crippen molar-refractivity contribution in [3.05, 3.63) is 69.2 Å². The Hall–Kier alpha value is -3.26. The van der Waals surface area contributed by atoms with Crippen molar-refractivity contribution >= 4 is 45.0 Å². The fraction of sp³-hybridized carbons (Fsp3) is 0.273. The molecule has 1 aliphatic rings. The van der Waals surface area contributed by atoms with Gasteiger partial charge in [0.2, 0.25) is 0 Å². The number of anilines is 1. The average molecular weight is 423 g/mol. The first-order valence-electron chi connectivity index (χ1n) is 9.70. The largest absolute Gasteiger partial charge is 0.466 e. The number of methoxy groups -OCH3 is 1. The van der Waals surface area contributed by atoms with Crippen LogP contribution in [0.2, 0.25) is 0 Å². The van der Waals surface area contributed by atoms with Crippen LogP contribution < -0.4 is 4.90 Å². The fourth-order valence-corrected chi connectivity index (χ4v) is 4.86. The molecular weight excluding hydrogens is 402 g/mol. The van der Waals surface area contributed by atoms with Gasteiger partial charge in [-0.3, -0.25) is 10.1 Å². The third kappa shape index (κ3) is 4.18. The number of rotatable bonds is 5. The summed E-state index contributed by atoms with van der Waals surface area (Å²) >= 11 is 1.74. The first-order chi connectivity index (χ1) is 14.5. The van der Waals surface area contributed by atoms with Crippen LogP contribution in [0.25, 0.3) is 16.3 Å². The van der Waals surface area contributed by atoms with E-state index in [9.17, 15) is 14.9 Å². The number of nitrogens with zero attached hydrogens (tertiary/aromatic N) is 3. The lowest BCUT2D eigenvalue weighted by Crippen LogP contribution is -2.33. The van der Waals surface area contributed by atoms with Crippen molar-refractivity contribution in [2.45, 2.75) is 18.8 Å². The maximum atomic E-state index is 11.7. The Morgan fingerprint density at radius 3 is 2.73 bits per heavy atom. The average Bonchev–Trinajstić information content (AvgIpc) is 3.21. The minimum Gasteiger partial charge on any atom is -0.466 e. The Bertz CT molecular complexity index is 1080. The van der Waals surface area contributed by atoms with Crippen LogP contribution in [0.4, 0.5) is 11.4 Å². The van der Waals surface area contributed by atoms with Crippen molar-refractivity contribution in [3.8, 4) is 0 Å². The van der Waals surface area contributed by atoms with Crippen molar-refractivity contribution in [1.29, 1.82) is 0 Å². The minimum absolute atomic E-state index is 0.0421. The SMILES string of the molecule is COC(=O)C=Cc1ccc(N2CCC(c3nc4ccccc4s3)CC2)c([N+](=O)[O-])c1. The molecule has 0 saturated carbocycles. The molecule has 154 valence electrons. The second kappa shape index (κ2) is 8.62. The lowest BCUT2D eigenvalue weighted by molar-refractivity contribution is -0.384. The molecule has 0 unspecified atom stereocenters. The summed E-state index contributed by atoms with van der Waals surface area (Å²) in [6.07, 6.45) is 4.58. The highest BCUT2D eigenvalue weighted by molar-refractivity contribution is 7.18. The molecule has 0 aliphatic carbocycles. The molecule has 7 nitrogen and oxygen atoms in total. The first-order valence-corrected chi connectivity index (χ1v) is 10.5. The Kier molecular flexibility index (Phi) is 5.76. The summed E-state index contributed by atoms with van der Waals surface area (Å²) in [6, 6.07) is 13.2. The monoisotopic (exact) mass is 423 g/mol. The number of hydrogen-bond donors (Lipinski definition) is 0. The Morgan fingerprint density at radius 2 is 2.03 bits per heavy atom. The molecule has 0 amide bonds. The normalized spacial score (nSPS) is 15.0. The third-order valence-electron chi connectivity index (χ3n) is 5.30. The van der Waals surface area contributed by atoms with E-state index in [2.05, 4.69) is 15.7 Å². The second-order valence-electron chi connectivity index (χ2n) is 7.14. The molecule has 8 heteroatoms. The molecule has 1 aliphatic heterocycles. The molecule has 0 bridgehead atoms. The number of benzene rings is 2. The number of nitro benzene ring substituents is 1. The van der Waals surface area contributed by atoms with Gasteiger partial charge in [-0.2, -0.15) is 0 Å². The predicted molar refractivity (Wildman–Crippen MR) is 118 cm³/mol. The van der Waals surface area contributed by atoms with E-state index in [1.165, 1.54) is 30.0 Å². The summed E-state index contributed by atoms with van der Waals surface area (Å²) in [6.45, 7) is 1.47. The number of aromatic nitrogens is 1. The van der Waals surface area contributed by atoms with Gasteiger partial charge in [0, 0.05) is 31.1 Å². The minimum atomic E-state index is -0.501. The number of piperidine rings is 1. The maximum Gasteiger partial charge on any atom is 0.330 e. The van der Waals surface area contributed by atoms with E-state index < -0.39 is 5.97 Å². The summed E-state index contributed by atoms with van der Waals surface area (Å²) in [5.41, 5.74) is 2.27. The molecule has 2 heterocycles. The van der Waals surface area contributed by atoms with Gasteiger partial charge in [-0.05, 0) is 42.7 Å². The van der Waals surface area contributed by atoms with E-state index in [0.717, 1.165) is 36.5 Å². The smallest absolute Gasteiger partial charge is 0.330 e. The summed E-state index contributed by atoms with van der Waals surface area (Å²) in [5, 5.41) is 12.8. The number of fused-ring (bicyclic) bond motifs is 1. The molecular formula is C22H21N3O4S. The number of esters is 1. The molecule has 1 fully saturated rings. The number of carbonyl (C=O) groups is 1. The van der Waals surface area contributed by atoms with E-state index in [0.29, 0.717) is 17.2 Å². The van der Waals surface area contributed by atoms with Crippen LogP contribution in [0.5, 0.6) is 0 Å². The van der Waals surface area contributed by atoms with Gasteiger partial charge in [-0.15, -0.1) is 11.3 Å². The zero-order valence-corrected chi connectivity index (χ0v) is 17.3. The van der Waals surface area contributed by atoms with Crippen molar-refractivity contribution in [1.82, 2.24) is 4.98 Å². The molecule has 1 saturated heterocycles. The quantitative estimate of drug-likeness (QED) is 0.254. The van der Waals surface area contributed by atoms with E-state index in [1.54, 1.807) is 23.5 Å². The zero-order valence-electron chi connectivity index (χ0n) is 16.5. The second-order valence-corrected chi connectivity index (χ2v) is 8.21. The van der Waals surface area contributed by atoms with Crippen LogP contribution in [0.3, 0.4) is 0 Å². The lowest BCUT2D eigenvalue weighted by atomic mass is 9.96. The highest BCUT2D eigenvalue weighted by atomic mass is 32.1. The molecule has 1 aromatic heterocycles.